The molecule has 0 aliphatic rings. The van der Waals surface area contributed by atoms with Gasteiger partial charge in [0.25, 0.3) is 5.91 Å². The normalized spacial score (nSPS) is 12.1. The molecule has 2 nitrogen and oxygen atoms in total. The summed E-state index contributed by atoms with van der Waals surface area (Å²) in [6.07, 6.45) is 0. The zero-order valence-electron chi connectivity index (χ0n) is 11.3. The van der Waals surface area contributed by atoms with Crippen molar-refractivity contribution in [2.24, 2.45) is 0 Å². The SMILES string of the molecule is CC(NC(=O)c1cc(F)c(F)cc1Cl)c1ccc(Cl)cc1Cl. The molecule has 2 aromatic rings. The second-order valence-electron chi connectivity index (χ2n) is 4.61. The van der Waals surface area contributed by atoms with Crippen LogP contribution in [0.2, 0.25) is 15.1 Å². The first kappa shape index (κ1) is 17.0. The van der Waals surface area contributed by atoms with Gasteiger partial charge in [-0.05, 0) is 36.8 Å². The maximum atomic E-state index is 13.2. The van der Waals surface area contributed by atoms with Crippen LogP contribution in [0.3, 0.4) is 0 Å². The summed E-state index contributed by atoms with van der Waals surface area (Å²) in [5.41, 5.74) is 0.482. The number of carbonyl (C=O) groups excluding carboxylic acids is 1. The van der Waals surface area contributed by atoms with Gasteiger partial charge in [0.2, 0.25) is 0 Å². The highest BCUT2D eigenvalue weighted by atomic mass is 35.5. The first-order chi connectivity index (χ1) is 10.3. The van der Waals surface area contributed by atoms with Crippen molar-refractivity contribution in [1.29, 1.82) is 0 Å². The van der Waals surface area contributed by atoms with Crippen LogP contribution in [0, 0.1) is 11.6 Å². The lowest BCUT2D eigenvalue weighted by Gasteiger charge is -2.16. The van der Waals surface area contributed by atoms with Crippen LogP contribution < -0.4 is 5.32 Å². The molecule has 0 aromatic heterocycles. The van der Waals surface area contributed by atoms with Crippen LogP contribution in [-0.2, 0) is 0 Å². The average Bonchev–Trinajstić information content (AvgIpc) is 2.42. The van der Waals surface area contributed by atoms with Crippen molar-refractivity contribution in [2.45, 2.75) is 13.0 Å². The molecular weight excluding hydrogens is 355 g/mol. The van der Waals surface area contributed by atoms with Crippen molar-refractivity contribution < 1.29 is 13.6 Å². The van der Waals surface area contributed by atoms with E-state index in [4.69, 9.17) is 34.8 Å². The molecule has 1 unspecified atom stereocenters. The zero-order valence-corrected chi connectivity index (χ0v) is 13.5. The van der Waals surface area contributed by atoms with Crippen molar-refractivity contribution in [1.82, 2.24) is 5.32 Å². The first-order valence-electron chi connectivity index (χ1n) is 6.20. The van der Waals surface area contributed by atoms with Gasteiger partial charge in [-0.1, -0.05) is 40.9 Å². The highest BCUT2D eigenvalue weighted by molar-refractivity contribution is 6.35. The Morgan fingerprint density at radius 3 is 2.32 bits per heavy atom. The van der Waals surface area contributed by atoms with Crippen molar-refractivity contribution in [3.05, 3.63) is 68.2 Å². The fourth-order valence-electron chi connectivity index (χ4n) is 1.90. The maximum Gasteiger partial charge on any atom is 0.253 e. The summed E-state index contributed by atoms with van der Waals surface area (Å²) in [4.78, 5) is 12.1. The Labute approximate surface area is 141 Å². The maximum absolute atomic E-state index is 13.2. The van der Waals surface area contributed by atoms with E-state index in [1.165, 1.54) is 0 Å². The molecule has 1 N–H and O–H groups in total. The fraction of sp³-hybridized carbons (Fsp3) is 0.133. The number of rotatable bonds is 3. The van der Waals surface area contributed by atoms with E-state index in [-0.39, 0.29) is 10.6 Å². The average molecular weight is 365 g/mol. The summed E-state index contributed by atoms with van der Waals surface area (Å²) < 4.78 is 26.3. The van der Waals surface area contributed by atoms with Crippen molar-refractivity contribution >= 4 is 40.7 Å². The van der Waals surface area contributed by atoms with Gasteiger partial charge in [0, 0.05) is 10.0 Å². The minimum Gasteiger partial charge on any atom is -0.345 e. The van der Waals surface area contributed by atoms with E-state index in [2.05, 4.69) is 5.32 Å². The standard InChI is InChI=1S/C15H10Cl3F2NO/c1-7(9-3-2-8(16)4-11(9)17)21-15(22)10-5-13(19)14(20)6-12(10)18/h2-7H,1H3,(H,21,22). The number of hydrogen-bond acceptors (Lipinski definition) is 1. The number of hydrogen-bond donors (Lipinski definition) is 1. The summed E-state index contributed by atoms with van der Waals surface area (Å²) in [5.74, 6) is -2.90. The van der Waals surface area contributed by atoms with Crippen LogP contribution in [0.15, 0.2) is 30.3 Å². The third-order valence-corrected chi connectivity index (χ3v) is 3.91. The molecule has 1 atom stereocenters. The monoisotopic (exact) mass is 363 g/mol. The smallest absolute Gasteiger partial charge is 0.253 e. The molecule has 7 heteroatoms. The molecule has 116 valence electrons. The predicted octanol–water partition coefficient (Wildman–Crippen LogP) is 5.42. The van der Waals surface area contributed by atoms with Gasteiger partial charge >= 0.3 is 0 Å². The zero-order chi connectivity index (χ0) is 16.4. The highest BCUT2D eigenvalue weighted by Crippen LogP contribution is 2.27. The van der Waals surface area contributed by atoms with Gasteiger partial charge in [0.05, 0.1) is 16.6 Å². The molecule has 0 fully saturated rings. The molecule has 0 radical (unpaired) electrons. The molecule has 0 bridgehead atoms. The van der Waals surface area contributed by atoms with Crippen LogP contribution in [0.4, 0.5) is 8.78 Å². The number of halogens is 5. The molecule has 2 rings (SSSR count). The van der Waals surface area contributed by atoms with Crippen molar-refractivity contribution in [3.8, 4) is 0 Å². The van der Waals surface area contributed by atoms with E-state index in [9.17, 15) is 13.6 Å². The molecule has 0 heterocycles. The molecule has 0 spiro atoms. The largest absolute Gasteiger partial charge is 0.345 e. The second-order valence-corrected chi connectivity index (χ2v) is 5.86. The van der Waals surface area contributed by atoms with Gasteiger partial charge in [-0.25, -0.2) is 8.78 Å². The molecule has 22 heavy (non-hydrogen) atoms. The summed E-state index contributed by atoms with van der Waals surface area (Å²) in [7, 11) is 0. The van der Waals surface area contributed by atoms with Crippen LogP contribution in [0.5, 0.6) is 0 Å². The third-order valence-electron chi connectivity index (χ3n) is 3.03. The number of amides is 1. The van der Waals surface area contributed by atoms with Crippen molar-refractivity contribution in [2.75, 3.05) is 0 Å². The molecule has 0 saturated carbocycles. The third kappa shape index (κ3) is 3.69. The van der Waals surface area contributed by atoms with Crippen LogP contribution in [-0.4, -0.2) is 5.91 Å². The lowest BCUT2D eigenvalue weighted by molar-refractivity contribution is 0.0939. The second kappa shape index (κ2) is 6.82. The number of carbonyl (C=O) groups is 1. The van der Waals surface area contributed by atoms with E-state index in [1.54, 1.807) is 25.1 Å². The summed E-state index contributed by atoms with van der Waals surface area (Å²) >= 11 is 17.6. The van der Waals surface area contributed by atoms with E-state index < -0.39 is 23.6 Å². The molecule has 0 saturated heterocycles. The van der Waals surface area contributed by atoms with E-state index in [1.807, 2.05) is 0 Å². The molecule has 1 amide bonds. The Balaban J connectivity index is 2.23. The highest BCUT2D eigenvalue weighted by Gasteiger charge is 2.18. The van der Waals surface area contributed by atoms with Crippen LogP contribution in [0.25, 0.3) is 0 Å². The Bertz CT molecular complexity index is 737. The van der Waals surface area contributed by atoms with E-state index >= 15 is 0 Å². The Kier molecular flexibility index (Phi) is 5.27. The first-order valence-corrected chi connectivity index (χ1v) is 7.33. The van der Waals surface area contributed by atoms with Gasteiger partial charge in [-0.2, -0.15) is 0 Å². The molecule has 0 aliphatic carbocycles. The number of nitrogens with one attached hydrogen (secondary N) is 1. The predicted molar refractivity (Wildman–Crippen MR) is 83.7 cm³/mol. The Morgan fingerprint density at radius 1 is 1.05 bits per heavy atom. The van der Waals surface area contributed by atoms with Crippen LogP contribution in [0.1, 0.15) is 28.9 Å². The fourth-order valence-corrected chi connectivity index (χ4v) is 2.71. The molecule has 0 aliphatic heterocycles. The number of benzene rings is 2. The van der Waals surface area contributed by atoms with Gasteiger partial charge in [-0.3, -0.25) is 4.79 Å². The lowest BCUT2D eigenvalue weighted by atomic mass is 10.1. The van der Waals surface area contributed by atoms with Gasteiger partial charge < -0.3 is 5.32 Å². The minimum atomic E-state index is -1.15. The van der Waals surface area contributed by atoms with Gasteiger partial charge in [0.1, 0.15) is 0 Å². The Hall–Kier alpha value is -1.36. The van der Waals surface area contributed by atoms with Gasteiger partial charge in [-0.15, -0.1) is 0 Å². The summed E-state index contributed by atoms with van der Waals surface area (Å²) in [6, 6.07) is 5.89. The topological polar surface area (TPSA) is 29.1 Å². The summed E-state index contributed by atoms with van der Waals surface area (Å²) in [6.45, 7) is 1.70. The molecule has 2 aromatic carbocycles. The van der Waals surface area contributed by atoms with Crippen LogP contribution >= 0.6 is 34.8 Å². The Morgan fingerprint density at radius 2 is 1.68 bits per heavy atom. The van der Waals surface area contributed by atoms with Gasteiger partial charge in [0.15, 0.2) is 11.6 Å². The van der Waals surface area contributed by atoms with E-state index in [0.717, 1.165) is 12.1 Å². The van der Waals surface area contributed by atoms with Crippen molar-refractivity contribution in [3.63, 3.8) is 0 Å². The molecular formula is C15H10Cl3F2NO. The summed E-state index contributed by atoms with van der Waals surface area (Å²) in [5, 5.41) is 3.30. The minimum absolute atomic E-state index is 0.155. The van der Waals surface area contributed by atoms with E-state index in [0.29, 0.717) is 15.6 Å². The lowest BCUT2D eigenvalue weighted by Crippen LogP contribution is -2.27. The quantitative estimate of drug-likeness (QED) is 0.724.